The van der Waals surface area contributed by atoms with Crippen LogP contribution in [0, 0.1) is 17.6 Å². The molecule has 4 rings (SSSR count). The monoisotopic (exact) mass is 342 g/mol. The predicted molar refractivity (Wildman–Crippen MR) is 88.4 cm³/mol. The van der Waals surface area contributed by atoms with Crippen LogP contribution < -0.4 is 5.73 Å². The maximum Gasteiger partial charge on any atom is 0.262 e. The molecule has 1 aliphatic carbocycles. The average Bonchev–Trinajstić information content (AvgIpc) is 3.41. The number of aromatic nitrogens is 1. The summed E-state index contributed by atoms with van der Waals surface area (Å²) in [6.07, 6.45) is 4.15. The molecule has 5 nitrogen and oxygen atoms in total. The smallest absolute Gasteiger partial charge is 0.262 e. The number of amides is 1. The third-order valence-corrected chi connectivity index (χ3v) is 4.85. The molecule has 1 aromatic heterocycles. The lowest BCUT2D eigenvalue weighted by Gasteiger charge is -2.26. The van der Waals surface area contributed by atoms with E-state index in [2.05, 4.69) is 9.98 Å². The highest BCUT2D eigenvalue weighted by Gasteiger charge is 2.58. The maximum absolute atomic E-state index is 14.7. The predicted octanol–water partition coefficient (Wildman–Crippen LogP) is 2.42. The van der Waals surface area contributed by atoms with Crippen molar-refractivity contribution in [3.63, 3.8) is 0 Å². The summed E-state index contributed by atoms with van der Waals surface area (Å²) in [6.45, 7) is 0. The fraction of sp³-hybridized carbons (Fsp3) is 0.278. The van der Waals surface area contributed by atoms with Crippen molar-refractivity contribution in [3.8, 4) is 11.1 Å². The first-order valence-corrected chi connectivity index (χ1v) is 7.98. The van der Waals surface area contributed by atoms with Crippen LogP contribution >= 0.6 is 0 Å². The summed E-state index contributed by atoms with van der Waals surface area (Å²) < 4.78 is 28.2. The zero-order valence-electron chi connectivity index (χ0n) is 13.5. The van der Waals surface area contributed by atoms with E-state index >= 15 is 0 Å². The summed E-state index contributed by atoms with van der Waals surface area (Å²) >= 11 is 0. The minimum absolute atomic E-state index is 0.0779. The van der Waals surface area contributed by atoms with Crippen molar-refractivity contribution >= 4 is 11.9 Å². The van der Waals surface area contributed by atoms with Gasteiger partial charge >= 0.3 is 0 Å². The van der Waals surface area contributed by atoms with Crippen molar-refractivity contribution in [3.05, 3.63) is 53.9 Å². The Balaban J connectivity index is 1.90. The number of benzene rings is 1. The van der Waals surface area contributed by atoms with Gasteiger partial charge < -0.3 is 5.73 Å². The molecule has 0 saturated heterocycles. The molecule has 0 radical (unpaired) electrons. The van der Waals surface area contributed by atoms with Gasteiger partial charge in [-0.1, -0.05) is 6.07 Å². The Morgan fingerprint density at radius 3 is 2.56 bits per heavy atom. The third-order valence-electron chi connectivity index (χ3n) is 4.85. The summed E-state index contributed by atoms with van der Waals surface area (Å²) in [6, 6.07) is 5.68. The second kappa shape index (κ2) is 5.34. The van der Waals surface area contributed by atoms with E-state index in [1.807, 2.05) is 0 Å². The van der Waals surface area contributed by atoms with E-state index in [4.69, 9.17) is 5.73 Å². The van der Waals surface area contributed by atoms with E-state index in [0.717, 1.165) is 19.0 Å². The zero-order chi connectivity index (χ0) is 17.8. The molecular weight excluding hydrogens is 326 g/mol. The minimum Gasteiger partial charge on any atom is -0.369 e. The number of hydrogen-bond acceptors (Lipinski definition) is 4. The van der Waals surface area contributed by atoms with Crippen molar-refractivity contribution in [2.75, 3.05) is 7.05 Å². The van der Waals surface area contributed by atoms with Gasteiger partial charge in [-0.05, 0) is 42.5 Å². The van der Waals surface area contributed by atoms with Crippen LogP contribution in [0.5, 0.6) is 0 Å². The normalized spacial score (nSPS) is 23.1. The van der Waals surface area contributed by atoms with Crippen molar-refractivity contribution < 1.29 is 13.6 Å². The van der Waals surface area contributed by atoms with Crippen molar-refractivity contribution in [1.29, 1.82) is 0 Å². The molecular formula is C18H16F2N4O. The number of nitrogens with zero attached hydrogens (tertiary/aromatic N) is 3. The van der Waals surface area contributed by atoms with Crippen LogP contribution in [0.15, 0.2) is 41.7 Å². The van der Waals surface area contributed by atoms with E-state index in [9.17, 15) is 13.6 Å². The highest BCUT2D eigenvalue weighted by Crippen LogP contribution is 2.52. The van der Waals surface area contributed by atoms with Crippen LogP contribution in [0.2, 0.25) is 0 Å². The van der Waals surface area contributed by atoms with Crippen molar-refractivity contribution in [2.24, 2.45) is 16.6 Å². The van der Waals surface area contributed by atoms with Gasteiger partial charge in [0.2, 0.25) is 0 Å². The number of carbonyl (C=O) groups is 1. The summed E-state index contributed by atoms with van der Waals surface area (Å²) in [5, 5.41) is 0. The second-order valence-electron chi connectivity index (χ2n) is 6.46. The lowest BCUT2D eigenvalue weighted by Crippen LogP contribution is -2.42. The Labute approximate surface area is 143 Å². The molecule has 2 aliphatic rings. The first-order chi connectivity index (χ1) is 11.9. The Morgan fingerprint density at radius 2 is 1.96 bits per heavy atom. The standard InChI is InChI=1S/C18H16F2N4O/c1-24-16(25)18(12-3-4-12,23-17(24)21)14-7-10(2-5-15(14)20)11-6-13(19)9-22-8-11/h2,5-9,12H,3-4H2,1H3,(H2,21,23). The SMILES string of the molecule is CN1C(=O)C(c2cc(-c3cncc(F)c3)ccc2F)(C2CC2)N=C1N. The van der Waals surface area contributed by atoms with Crippen LogP contribution in [0.4, 0.5) is 8.78 Å². The molecule has 2 heterocycles. The number of carbonyl (C=O) groups excluding carboxylic acids is 1. The highest BCUT2D eigenvalue weighted by atomic mass is 19.1. The molecule has 1 amide bonds. The van der Waals surface area contributed by atoms with Gasteiger partial charge in [0.05, 0.1) is 6.20 Å². The topological polar surface area (TPSA) is 71.6 Å². The van der Waals surface area contributed by atoms with Gasteiger partial charge in [0, 0.05) is 24.4 Å². The van der Waals surface area contributed by atoms with E-state index in [-0.39, 0.29) is 23.3 Å². The Hall–Kier alpha value is -2.83. The number of pyridine rings is 1. The molecule has 0 spiro atoms. The second-order valence-corrected chi connectivity index (χ2v) is 6.46. The maximum atomic E-state index is 14.7. The number of nitrogens with two attached hydrogens (primary N) is 1. The summed E-state index contributed by atoms with van der Waals surface area (Å²) in [7, 11) is 1.53. The summed E-state index contributed by atoms with van der Waals surface area (Å²) in [5.41, 5.74) is 5.75. The first kappa shape index (κ1) is 15.7. The van der Waals surface area contributed by atoms with E-state index in [1.165, 1.54) is 36.3 Å². The quantitative estimate of drug-likeness (QED) is 0.931. The van der Waals surface area contributed by atoms with Crippen molar-refractivity contribution in [1.82, 2.24) is 9.88 Å². The molecule has 25 heavy (non-hydrogen) atoms. The molecule has 1 atom stereocenters. The van der Waals surface area contributed by atoms with E-state index < -0.39 is 17.2 Å². The number of hydrogen-bond donors (Lipinski definition) is 1. The third kappa shape index (κ3) is 2.30. The summed E-state index contributed by atoms with van der Waals surface area (Å²) in [5.74, 6) is -1.35. The Bertz CT molecular complexity index is 910. The van der Waals surface area contributed by atoms with Crippen LogP contribution in [0.25, 0.3) is 11.1 Å². The number of halogens is 2. The van der Waals surface area contributed by atoms with E-state index in [1.54, 1.807) is 6.07 Å². The minimum atomic E-state index is -1.33. The number of likely N-dealkylation sites (N-methyl/N-ethyl adjacent to an activating group) is 1. The molecule has 1 fully saturated rings. The molecule has 7 heteroatoms. The molecule has 0 bridgehead atoms. The lowest BCUT2D eigenvalue weighted by atomic mass is 9.83. The van der Waals surface area contributed by atoms with E-state index in [0.29, 0.717) is 11.1 Å². The largest absolute Gasteiger partial charge is 0.369 e. The zero-order valence-corrected chi connectivity index (χ0v) is 13.5. The molecule has 2 aromatic rings. The van der Waals surface area contributed by atoms with Gasteiger partial charge in [0.15, 0.2) is 11.5 Å². The number of aliphatic imine (C=N–C) groups is 1. The van der Waals surface area contributed by atoms with Crippen LogP contribution in [0.3, 0.4) is 0 Å². The fourth-order valence-corrected chi connectivity index (χ4v) is 3.39. The molecule has 128 valence electrons. The Kier molecular flexibility index (Phi) is 3.35. The molecule has 1 aromatic carbocycles. The molecule has 1 aliphatic heterocycles. The van der Waals surface area contributed by atoms with Gasteiger partial charge in [-0.25, -0.2) is 13.8 Å². The highest BCUT2D eigenvalue weighted by molar-refractivity contribution is 6.07. The van der Waals surface area contributed by atoms with Crippen LogP contribution in [0.1, 0.15) is 18.4 Å². The average molecular weight is 342 g/mol. The van der Waals surface area contributed by atoms with Gasteiger partial charge in [-0.3, -0.25) is 14.7 Å². The summed E-state index contributed by atoms with van der Waals surface area (Å²) in [4.78, 5) is 22.3. The van der Waals surface area contributed by atoms with Gasteiger partial charge in [0.25, 0.3) is 5.91 Å². The fourth-order valence-electron chi connectivity index (χ4n) is 3.39. The number of guanidine groups is 1. The van der Waals surface area contributed by atoms with Gasteiger partial charge in [0.1, 0.15) is 11.6 Å². The first-order valence-electron chi connectivity index (χ1n) is 7.98. The molecule has 1 saturated carbocycles. The van der Waals surface area contributed by atoms with Crippen molar-refractivity contribution in [2.45, 2.75) is 18.4 Å². The molecule has 1 unspecified atom stereocenters. The van der Waals surface area contributed by atoms with Gasteiger partial charge in [-0.15, -0.1) is 0 Å². The van der Waals surface area contributed by atoms with Crippen LogP contribution in [-0.2, 0) is 10.3 Å². The number of rotatable bonds is 3. The van der Waals surface area contributed by atoms with Crippen LogP contribution in [-0.4, -0.2) is 28.8 Å². The Morgan fingerprint density at radius 1 is 1.20 bits per heavy atom. The lowest BCUT2D eigenvalue weighted by molar-refractivity contribution is -0.131. The van der Waals surface area contributed by atoms with Gasteiger partial charge in [-0.2, -0.15) is 0 Å². The molecule has 2 N–H and O–H groups in total.